The largest absolute Gasteiger partial charge is 0.743 e. The number of alkyl halides is 16. The van der Waals surface area contributed by atoms with Crippen molar-refractivity contribution in [2.45, 2.75) is 40.6 Å². The highest BCUT2D eigenvalue weighted by Crippen LogP contribution is 2.62. The number of fused-ring (bicyclic) bond motifs is 3. The number of benzene rings is 2. The third-order valence-electron chi connectivity index (χ3n) is 4.91. The second kappa shape index (κ2) is 9.78. The number of rotatable bonds is 5. The van der Waals surface area contributed by atoms with Crippen LogP contribution >= 0.6 is 10.5 Å². The number of halogens is 16. The van der Waals surface area contributed by atoms with Crippen LogP contribution < -0.4 is 0 Å². The van der Waals surface area contributed by atoms with Crippen molar-refractivity contribution >= 4 is 40.8 Å². The Hall–Kier alpha value is -2.55. The van der Waals surface area contributed by atoms with E-state index in [1.54, 1.807) is 0 Å². The van der Waals surface area contributed by atoms with E-state index in [-0.39, 0.29) is 20.2 Å². The molecule has 0 amide bonds. The maximum Gasteiger partial charge on any atom is 0.506 e. The first-order valence-electron chi connectivity index (χ1n) is 9.49. The maximum atomic E-state index is 14.3. The normalized spacial score (nSPS) is 14.8. The fraction of sp³-hybridized carbons (Fsp3) is 0.368. The molecule has 0 spiro atoms. The van der Waals surface area contributed by atoms with Gasteiger partial charge in [0.25, 0.3) is 0 Å². The van der Waals surface area contributed by atoms with Crippen LogP contribution in [0.3, 0.4) is 0 Å². The fourth-order valence-electron chi connectivity index (χ4n) is 2.94. The highest BCUT2D eigenvalue weighted by molar-refractivity contribution is 7.86. The molecular formula is C19H8F16O3S2. The number of hydrogen-bond donors (Lipinski definition) is 0. The van der Waals surface area contributed by atoms with E-state index in [1.807, 2.05) is 0 Å². The van der Waals surface area contributed by atoms with Gasteiger partial charge in [0, 0.05) is 10.8 Å². The van der Waals surface area contributed by atoms with Crippen LogP contribution in [0.4, 0.5) is 70.2 Å². The van der Waals surface area contributed by atoms with Gasteiger partial charge in [-0.1, -0.05) is 24.3 Å². The molecule has 3 aromatic rings. The summed E-state index contributed by atoms with van der Waals surface area (Å²) in [6.45, 7) is 0. The predicted octanol–water partition coefficient (Wildman–Crippen LogP) is 8.45. The lowest BCUT2D eigenvalue weighted by atomic mass is 10.1. The summed E-state index contributed by atoms with van der Waals surface area (Å²) in [4.78, 5) is 0. The second-order valence-electron chi connectivity index (χ2n) is 7.50. The number of hydrogen-bond acceptors (Lipinski definition) is 3. The first-order valence-corrected chi connectivity index (χ1v) is 12.1. The summed E-state index contributed by atoms with van der Waals surface area (Å²) < 4.78 is 228. The molecule has 0 aliphatic rings. The van der Waals surface area contributed by atoms with Gasteiger partial charge in [-0.15, -0.1) is 8.78 Å². The minimum atomic E-state index is -7.43. The molecule has 40 heavy (non-hydrogen) atoms. The lowest BCUT2D eigenvalue weighted by molar-refractivity contribution is -0.382. The Bertz CT molecular complexity index is 1430. The third-order valence-corrected chi connectivity index (χ3v) is 8.16. The minimum Gasteiger partial charge on any atom is -0.743 e. The lowest BCUT2D eigenvalue weighted by Crippen LogP contribution is -2.63. The van der Waals surface area contributed by atoms with Crippen LogP contribution in [-0.4, -0.2) is 48.3 Å². The molecule has 226 valence electrons. The molecule has 0 fully saturated rings. The van der Waals surface area contributed by atoms with Crippen molar-refractivity contribution in [3.8, 4) is 0 Å². The molecule has 3 rings (SSSR count). The molecule has 0 aliphatic carbocycles. The van der Waals surface area contributed by atoms with Crippen LogP contribution in [0.15, 0.2) is 48.5 Å². The van der Waals surface area contributed by atoms with Gasteiger partial charge in [0.15, 0.2) is 19.5 Å². The van der Waals surface area contributed by atoms with Crippen LogP contribution in [0.2, 0.25) is 0 Å². The summed E-state index contributed by atoms with van der Waals surface area (Å²) in [7, 11) is -10.1. The molecule has 0 saturated carbocycles. The van der Waals surface area contributed by atoms with E-state index in [1.165, 1.54) is 48.5 Å². The van der Waals surface area contributed by atoms with E-state index in [9.17, 15) is 83.2 Å². The van der Waals surface area contributed by atoms with Crippen LogP contribution in [0.25, 0.3) is 20.2 Å². The van der Waals surface area contributed by atoms with Crippen molar-refractivity contribution < 1.29 is 83.2 Å². The molecular weight excluding hydrogens is 644 g/mol. The first kappa shape index (κ1) is 33.7. The van der Waals surface area contributed by atoms with Gasteiger partial charge in [0.05, 0.1) is 10.5 Å². The van der Waals surface area contributed by atoms with Gasteiger partial charge in [-0.25, -0.2) is 8.42 Å². The Balaban J connectivity index is 0.000000296. The van der Waals surface area contributed by atoms with Crippen LogP contribution in [0.5, 0.6) is 0 Å². The average molecular weight is 652 g/mol. The van der Waals surface area contributed by atoms with E-state index in [2.05, 4.69) is 0 Å². The van der Waals surface area contributed by atoms with E-state index in [0.717, 1.165) is 0 Å². The first-order chi connectivity index (χ1) is 17.6. The quantitative estimate of drug-likeness (QED) is 0.158. The molecule has 21 heteroatoms. The maximum absolute atomic E-state index is 14.3. The van der Waals surface area contributed by atoms with E-state index >= 15 is 0 Å². The highest BCUT2D eigenvalue weighted by Gasteiger charge is 2.84. The van der Waals surface area contributed by atoms with Crippen molar-refractivity contribution in [3.63, 3.8) is 0 Å². The molecule has 3 nitrogen and oxygen atoms in total. The molecule has 1 heterocycles. The highest BCUT2D eigenvalue weighted by atomic mass is 32.2. The van der Waals surface area contributed by atoms with Crippen molar-refractivity contribution in [1.82, 2.24) is 0 Å². The molecule has 2 aromatic carbocycles. The van der Waals surface area contributed by atoms with Gasteiger partial charge >= 0.3 is 40.6 Å². The minimum absolute atomic E-state index is 0.206. The summed E-state index contributed by atoms with van der Waals surface area (Å²) >= 11 is 0. The zero-order valence-corrected chi connectivity index (χ0v) is 19.8. The Morgan fingerprint density at radius 1 is 0.525 bits per heavy atom. The van der Waals surface area contributed by atoms with Crippen molar-refractivity contribution in [1.29, 1.82) is 0 Å². The van der Waals surface area contributed by atoms with E-state index < -0.39 is 61.2 Å². The van der Waals surface area contributed by atoms with Crippen LogP contribution in [0, 0.1) is 0 Å². The second-order valence-corrected chi connectivity index (χ2v) is 10.9. The van der Waals surface area contributed by atoms with Crippen molar-refractivity contribution in [2.75, 3.05) is 0 Å². The van der Waals surface area contributed by atoms with Gasteiger partial charge < -0.3 is 4.55 Å². The molecule has 0 unspecified atom stereocenters. The zero-order valence-electron chi connectivity index (χ0n) is 18.2. The molecule has 1 aromatic heterocycles. The molecule has 0 bridgehead atoms. The lowest BCUT2D eigenvalue weighted by Gasteiger charge is -2.34. The molecule has 0 radical (unpaired) electrons. The summed E-state index contributed by atoms with van der Waals surface area (Å²) in [5.74, 6) is -21.0. The monoisotopic (exact) mass is 652 g/mol. The van der Waals surface area contributed by atoms with Crippen LogP contribution in [-0.2, 0) is 15.4 Å². The Morgan fingerprint density at radius 2 is 0.850 bits per heavy atom. The summed E-state index contributed by atoms with van der Waals surface area (Å²) in [5, 5.41) is -11.9. The summed E-state index contributed by atoms with van der Waals surface area (Å²) in [6.07, 6.45) is -13.5. The average Bonchev–Trinajstić information content (AvgIpc) is 3.12. The smallest absolute Gasteiger partial charge is 0.506 e. The topological polar surface area (TPSA) is 57.2 Å². The molecule has 0 N–H and O–H groups in total. The van der Waals surface area contributed by atoms with Crippen molar-refractivity contribution in [3.05, 3.63) is 48.5 Å². The standard InChI is InChI=1S/C15H8F7S.C4HF9O3S/c16-13(17,14(18,19)20)15(21,22)23-11-7-3-1-5-9(11)10-6-2-4-8-12(10)23;5-1(6,3(9,10)11)2(7,8)4(12,13)17(14,15)16/h1-8H;(H,14,15,16)/q+1;/p-1. The van der Waals surface area contributed by atoms with Crippen molar-refractivity contribution in [2.24, 2.45) is 0 Å². The van der Waals surface area contributed by atoms with E-state index in [4.69, 9.17) is 0 Å². The Morgan fingerprint density at radius 3 is 1.15 bits per heavy atom. The van der Waals surface area contributed by atoms with Gasteiger partial charge in [0.2, 0.25) is 0 Å². The van der Waals surface area contributed by atoms with E-state index in [0.29, 0.717) is 0 Å². The SMILES string of the molecule is FC(F)(F)C(F)(F)C(F)(F)[s+]1c2ccccc2c2ccccc21.O=S(=O)([O-])C(F)(F)C(F)(F)C(F)(F)C(F)(F)F. The molecule has 0 saturated heterocycles. The van der Waals surface area contributed by atoms with Gasteiger partial charge in [0.1, 0.15) is 0 Å². The third kappa shape index (κ3) is 5.03. The molecule has 0 atom stereocenters. The summed E-state index contributed by atoms with van der Waals surface area (Å²) in [5.41, 5.74) is 0. The Labute approximate surface area is 213 Å². The Kier molecular flexibility index (Phi) is 8.23. The summed E-state index contributed by atoms with van der Waals surface area (Å²) in [6, 6.07) is 10.9. The zero-order chi connectivity index (χ0) is 31.5. The van der Waals surface area contributed by atoms with Crippen LogP contribution in [0.1, 0.15) is 0 Å². The van der Waals surface area contributed by atoms with Gasteiger partial charge in [-0.05, 0) is 24.3 Å². The fourth-order valence-corrected chi connectivity index (χ4v) is 5.77. The number of thiophene rings is 1. The molecule has 0 aliphatic heterocycles. The predicted molar refractivity (Wildman–Crippen MR) is 106 cm³/mol. The van der Waals surface area contributed by atoms with Gasteiger partial charge in [-0.2, -0.15) is 61.5 Å². The van der Waals surface area contributed by atoms with Gasteiger partial charge in [-0.3, -0.25) is 0 Å².